The monoisotopic (exact) mass is 325 g/mol. The zero-order valence-electron chi connectivity index (χ0n) is 13.3. The molecule has 6 amide bonds. The molecule has 0 aromatic rings. The van der Waals surface area contributed by atoms with Crippen molar-refractivity contribution < 1.29 is 19.2 Å². The molecule has 0 spiro atoms. The Balaban J connectivity index is 5.16. The van der Waals surface area contributed by atoms with Crippen molar-refractivity contribution >= 4 is 23.9 Å². The zero-order chi connectivity index (χ0) is 18.2. The number of amides is 6. The van der Waals surface area contributed by atoms with E-state index in [9.17, 15) is 19.2 Å². The maximum Gasteiger partial charge on any atom is 0.312 e. The third-order valence-electron chi connectivity index (χ3n) is 2.76. The van der Waals surface area contributed by atoms with Crippen LogP contribution in [0.15, 0.2) is 24.3 Å². The van der Waals surface area contributed by atoms with Gasteiger partial charge in [0.2, 0.25) is 0 Å². The molecule has 0 aliphatic carbocycles. The van der Waals surface area contributed by atoms with E-state index in [1.807, 2.05) is 0 Å². The van der Waals surface area contributed by atoms with Crippen LogP contribution in [-0.4, -0.2) is 47.9 Å². The summed E-state index contributed by atoms with van der Waals surface area (Å²) in [5.41, 5.74) is 10.4. The molecule has 0 aromatic carbocycles. The second-order valence-corrected chi connectivity index (χ2v) is 5.07. The summed E-state index contributed by atoms with van der Waals surface area (Å²) in [5, 5.41) is 4.76. The molecule has 0 radical (unpaired) electrons. The number of urea groups is 2. The highest BCUT2D eigenvalue weighted by molar-refractivity contribution is 6.08. The van der Waals surface area contributed by atoms with Crippen molar-refractivity contribution in [2.45, 2.75) is 26.3 Å². The van der Waals surface area contributed by atoms with Gasteiger partial charge < -0.3 is 22.1 Å². The number of hydrogen-bond donors (Lipinski definition) is 4. The highest BCUT2D eigenvalue weighted by Gasteiger charge is 2.26. The van der Waals surface area contributed by atoms with Crippen LogP contribution in [0.2, 0.25) is 0 Å². The number of nitrogens with two attached hydrogens (primary N) is 2. The van der Waals surface area contributed by atoms with Crippen molar-refractivity contribution in [2.24, 2.45) is 11.5 Å². The molecule has 0 rings (SSSR count). The fourth-order valence-electron chi connectivity index (χ4n) is 1.72. The summed E-state index contributed by atoms with van der Waals surface area (Å²) in [7, 11) is 0. The molecule has 9 heteroatoms. The summed E-state index contributed by atoms with van der Waals surface area (Å²) >= 11 is 0. The first-order chi connectivity index (χ1) is 10.6. The Hall–Kier alpha value is -2.84. The highest BCUT2D eigenvalue weighted by atomic mass is 16.2. The molecule has 0 heterocycles. The Labute approximate surface area is 134 Å². The van der Waals surface area contributed by atoms with Crippen LogP contribution in [0.1, 0.15) is 20.3 Å². The normalized spacial score (nSPS) is 11.0. The summed E-state index contributed by atoms with van der Waals surface area (Å²) in [6, 6.07) is -2.21. The van der Waals surface area contributed by atoms with Crippen molar-refractivity contribution in [1.82, 2.24) is 15.5 Å². The lowest BCUT2D eigenvalue weighted by atomic mass is 10.1. The summed E-state index contributed by atoms with van der Waals surface area (Å²) in [6.07, 6.45) is 0.218. The van der Waals surface area contributed by atoms with Gasteiger partial charge in [-0.2, -0.15) is 0 Å². The predicted octanol–water partition coefficient (Wildman–Crippen LogP) is -0.411. The summed E-state index contributed by atoms with van der Waals surface area (Å²) < 4.78 is 0. The fourth-order valence-corrected chi connectivity index (χ4v) is 1.72. The Morgan fingerprint density at radius 2 is 1.48 bits per heavy atom. The van der Waals surface area contributed by atoms with Crippen LogP contribution in [0.3, 0.4) is 0 Å². The first kappa shape index (κ1) is 20.2. The van der Waals surface area contributed by atoms with Gasteiger partial charge in [0.1, 0.15) is 0 Å². The van der Waals surface area contributed by atoms with E-state index in [-0.39, 0.29) is 30.7 Å². The fraction of sp³-hybridized carbons (Fsp3) is 0.429. The summed E-state index contributed by atoms with van der Waals surface area (Å²) in [4.78, 5) is 46.9. The van der Waals surface area contributed by atoms with Crippen LogP contribution in [0.5, 0.6) is 0 Å². The predicted molar refractivity (Wildman–Crippen MR) is 85.1 cm³/mol. The molecular weight excluding hydrogens is 302 g/mol. The standard InChI is InChI=1S/C14H23N5O4/c1-8(2)11(20)19(12(21)9(3)4)7-10(18-14(16)23)5-6-17-13(15)22/h10H,1,3,5-7H2,2,4H3,(H3,15,17,22)(H3,16,18,23). The van der Waals surface area contributed by atoms with E-state index in [2.05, 4.69) is 23.8 Å². The number of rotatable bonds is 8. The maximum absolute atomic E-state index is 12.1. The summed E-state index contributed by atoms with van der Waals surface area (Å²) in [6.45, 7) is 9.95. The van der Waals surface area contributed by atoms with Crippen LogP contribution < -0.4 is 22.1 Å². The molecular formula is C14H23N5O4. The van der Waals surface area contributed by atoms with Crippen molar-refractivity contribution in [3.63, 3.8) is 0 Å². The molecule has 0 aliphatic heterocycles. The van der Waals surface area contributed by atoms with Gasteiger partial charge in [0.25, 0.3) is 11.8 Å². The van der Waals surface area contributed by atoms with Gasteiger partial charge >= 0.3 is 12.1 Å². The van der Waals surface area contributed by atoms with E-state index < -0.39 is 29.9 Å². The second kappa shape index (κ2) is 9.23. The largest absolute Gasteiger partial charge is 0.352 e. The molecule has 0 aliphatic rings. The van der Waals surface area contributed by atoms with Gasteiger partial charge in [-0.25, -0.2) is 9.59 Å². The third-order valence-corrected chi connectivity index (χ3v) is 2.76. The lowest BCUT2D eigenvalue weighted by Gasteiger charge is -2.26. The van der Waals surface area contributed by atoms with Gasteiger partial charge in [-0.3, -0.25) is 14.5 Å². The Morgan fingerprint density at radius 3 is 1.83 bits per heavy atom. The molecule has 0 aromatic heterocycles. The SMILES string of the molecule is C=C(C)C(=O)N(CC(CCNC(N)=O)NC(N)=O)C(=O)C(=C)C. The number of carbonyl (C=O) groups excluding carboxylic acids is 4. The van der Waals surface area contributed by atoms with Crippen LogP contribution in [0.4, 0.5) is 9.59 Å². The van der Waals surface area contributed by atoms with Crippen LogP contribution in [-0.2, 0) is 9.59 Å². The molecule has 0 saturated carbocycles. The van der Waals surface area contributed by atoms with Crippen LogP contribution >= 0.6 is 0 Å². The molecule has 9 nitrogen and oxygen atoms in total. The van der Waals surface area contributed by atoms with E-state index in [0.717, 1.165) is 4.90 Å². The number of primary amides is 2. The number of carbonyl (C=O) groups is 4. The van der Waals surface area contributed by atoms with E-state index >= 15 is 0 Å². The van der Waals surface area contributed by atoms with E-state index in [1.54, 1.807) is 0 Å². The molecule has 1 unspecified atom stereocenters. The number of nitrogens with zero attached hydrogens (tertiary/aromatic N) is 1. The van der Waals surface area contributed by atoms with Gasteiger partial charge in [0.05, 0.1) is 6.04 Å². The topological polar surface area (TPSA) is 148 Å². The minimum absolute atomic E-state index is 0.136. The Bertz CT molecular complexity index is 503. The lowest BCUT2D eigenvalue weighted by Crippen LogP contribution is -2.50. The number of imide groups is 1. The van der Waals surface area contributed by atoms with E-state index in [1.165, 1.54) is 13.8 Å². The summed E-state index contributed by atoms with van der Waals surface area (Å²) in [5.74, 6) is -1.17. The minimum Gasteiger partial charge on any atom is -0.352 e. The zero-order valence-corrected chi connectivity index (χ0v) is 13.3. The van der Waals surface area contributed by atoms with Gasteiger partial charge in [-0.05, 0) is 20.3 Å². The smallest absolute Gasteiger partial charge is 0.312 e. The molecule has 0 saturated heterocycles. The quantitative estimate of drug-likeness (QED) is 0.449. The molecule has 1 atom stereocenters. The van der Waals surface area contributed by atoms with Crippen molar-refractivity contribution in [2.75, 3.05) is 13.1 Å². The lowest BCUT2D eigenvalue weighted by molar-refractivity contribution is -0.140. The van der Waals surface area contributed by atoms with E-state index in [0.29, 0.717) is 0 Å². The molecule has 0 bridgehead atoms. The van der Waals surface area contributed by atoms with Gasteiger partial charge in [-0.15, -0.1) is 0 Å². The molecule has 6 N–H and O–H groups in total. The van der Waals surface area contributed by atoms with Gasteiger partial charge in [0.15, 0.2) is 0 Å². The Morgan fingerprint density at radius 1 is 1.00 bits per heavy atom. The van der Waals surface area contributed by atoms with Crippen molar-refractivity contribution in [3.05, 3.63) is 24.3 Å². The highest BCUT2D eigenvalue weighted by Crippen LogP contribution is 2.07. The van der Waals surface area contributed by atoms with Crippen molar-refractivity contribution in [3.8, 4) is 0 Å². The molecule has 23 heavy (non-hydrogen) atoms. The van der Waals surface area contributed by atoms with Crippen LogP contribution in [0.25, 0.3) is 0 Å². The first-order valence-electron chi connectivity index (χ1n) is 6.82. The number of hydrogen-bond acceptors (Lipinski definition) is 4. The average molecular weight is 325 g/mol. The second-order valence-electron chi connectivity index (χ2n) is 5.07. The van der Waals surface area contributed by atoms with Crippen LogP contribution in [0, 0.1) is 0 Å². The van der Waals surface area contributed by atoms with E-state index in [4.69, 9.17) is 11.5 Å². The van der Waals surface area contributed by atoms with Crippen molar-refractivity contribution in [1.29, 1.82) is 0 Å². The number of nitrogens with one attached hydrogen (secondary N) is 2. The molecule has 0 fully saturated rings. The maximum atomic E-state index is 12.1. The molecule has 128 valence electrons. The minimum atomic E-state index is -0.820. The first-order valence-corrected chi connectivity index (χ1v) is 6.82. The Kier molecular flexibility index (Phi) is 8.09. The van der Waals surface area contributed by atoms with Gasteiger partial charge in [-0.1, -0.05) is 13.2 Å². The average Bonchev–Trinajstić information content (AvgIpc) is 2.41. The third kappa shape index (κ3) is 7.65. The van der Waals surface area contributed by atoms with Gasteiger partial charge in [0, 0.05) is 24.2 Å².